The molecule has 0 aromatic heterocycles. The van der Waals surface area contributed by atoms with E-state index < -0.39 is 27.4 Å². The van der Waals surface area contributed by atoms with E-state index in [0.717, 1.165) is 0 Å². The number of urea groups is 1. The fourth-order valence-corrected chi connectivity index (χ4v) is 3.24. The Morgan fingerprint density at radius 2 is 1.93 bits per heavy atom. The van der Waals surface area contributed by atoms with Crippen LogP contribution in [0.1, 0.15) is 32.3 Å². The van der Waals surface area contributed by atoms with Gasteiger partial charge in [0.05, 0.1) is 17.8 Å². The summed E-state index contributed by atoms with van der Waals surface area (Å²) in [6.45, 7) is 6.79. The van der Waals surface area contributed by atoms with Crippen molar-refractivity contribution < 1.29 is 18.7 Å². The number of amides is 2. The Balaban J connectivity index is 2.17. The minimum Gasteiger partial charge on any atom is -0.399 e. The molecule has 29 heavy (non-hydrogen) atoms. The predicted octanol–water partition coefficient (Wildman–Crippen LogP) is 1.39. The zero-order valence-corrected chi connectivity index (χ0v) is 17.3. The average molecular weight is 422 g/mol. The Hall–Kier alpha value is -2.69. The van der Waals surface area contributed by atoms with Gasteiger partial charge >= 0.3 is 6.03 Å². The van der Waals surface area contributed by atoms with Crippen molar-refractivity contribution in [3.8, 4) is 0 Å². The van der Waals surface area contributed by atoms with E-state index in [1.807, 2.05) is 0 Å². The van der Waals surface area contributed by atoms with Gasteiger partial charge in [-0.15, -0.1) is 0 Å². The van der Waals surface area contributed by atoms with Gasteiger partial charge < -0.3 is 31.8 Å². The normalized spacial score (nSPS) is 17.4. The topological polar surface area (TPSA) is 163 Å². The Kier molecular flexibility index (Phi) is 6.83. The summed E-state index contributed by atoms with van der Waals surface area (Å²) < 4.78 is 20.4. The van der Waals surface area contributed by atoms with Crippen LogP contribution in [0.25, 0.3) is 0 Å². The summed E-state index contributed by atoms with van der Waals surface area (Å²) in [5.74, 6) is 0.145. The number of nitrogens with two attached hydrogens (primary N) is 2. The lowest BCUT2D eigenvalue weighted by Gasteiger charge is -2.23. The number of hydrogen-bond acceptors (Lipinski definition) is 5. The molecule has 158 valence electrons. The van der Waals surface area contributed by atoms with E-state index in [0.29, 0.717) is 29.8 Å². The van der Waals surface area contributed by atoms with Gasteiger partial charge in [0.15, 0.2) is 11.1 Å². The number of rotatable bonds is 8. The largest absolute Gasteiger partial charge is 0.399 e. The molecule has 0 radical (unpaired) electrons. The zero-order chi connectivity index (χ0) is 21.8. The van der Waals surface area contributed by atoms with Crippen LogP contribution in [-0.4, -0.2) is 42.6 Å². The van der Waals surface area contributed by atoms with Gasteiger partial charge in [0.25, 0.3) is 0 Å². The number of aliphatic hydroxyl groups excluding tert-OH is 1. The van der Waals surface area contributed by atoms with Gasteiger partial charge in [-0.2, -0.15) is 0 Å². The van der Waals surface area contributed by atoms with E-state index in [-0.39, 0.29) is 18.1 Å². The molecule has 1 aliphatic carbocycles. The van der Waals surface area contributed by atoms with Gasteiger partial charge in [-0.25, -0.2) is 14.0 Å². The summed E-state index contributed by atoms with van der Waals surface area (Å²) in [6, 6.07) is 6.16. The highest BCUT2D eigenvalue weighted by molar-refractivity contribution is 7.81. The third kappa shape index (κ3) is 5.89. The fourth-order valence-electron chi connectivity index (χ4n) is 2.50. The van der Waals surface area contributed by atoms with E-state index in [2.05, 4.69) is 22.2 Å². The lowest BCUT2D eigenvalue weighted by atomic mass is 10.1. The van der Waals surface area contributed by atoms with Gasteiger partial charge in [0, 0.05) is 16.9 Å². The van der Waals surface area contributed by atoms with Crippen molar-refractivity contribution in [3.63, 3.8) is 0 Å². The number of amidine groups is 1. The Morgan fingerprint density at radius 3 is 2.38 bits per heavy atom. The molecule has 2 amide bonds. The second kappa shape index (κ2) is 8.76. The van der Waals surface area contributed by atoms with Crippen LogP contribution in [0.4, 0.5) is 10.5 Å². The zero-order valence-electron chi connectivity index (χ0n) is 16.4. The van der Waals surface area contributed by atoms with Gasteiger partial charge in [-0.3, -0.25) is 0 Å². The molecule has 1 saturated carbocycles. The number of allylic oxidation sites excluding steroid dienone is 1. The summed E-state index contributed by atoms with van der Waals surface area (Å²) in [6.07, 6.45) is 2.47. The molecule has 1 unspecified atom stereocenters. The first-order valence-electron chi connectivity index (χ1n) is 8.91. The number of aliphatic hydroxyl groups is 1. The Bertz CT molecular complexity index is 873. The maximum atomic E-state index is 12.0. The molecule has 1 aromatic rings. The molecule has 10 heteroatoms. The molecular formula is C19H27N5O4S. The average Bonchev–Trinajstić information content (AvgIpc) is 3.43. The van der Waals surface area contributed by atoms with E-state index in [4.69, 9.17) is 11.5 Å². The molecule has 0 bridgehead atoms. The maximum Gasteiger partial charge on any atom is 0.319 e. The van der Waals surface area contributed by atoms with Crippen LogP contribution in [0.15, 0.2) is 53.3 Å². The molecule has 1 fully saturated rings. The van der Waals surface area contributed by atoms with Crippen LogP contribution in [0.3, 0.4) is 0 Å². The summed E-state index contributed by atoms with van der Waals surface area (Å²) in [4.78, 5) is 16.3. The third-order valence-corrected chi connectivity index (χ3v) is 5.64. The lowest BCUT2D eigenvalue weighted by molar-refractivity contribution is 0.187. The molecular weight excluding hydrogens is 394 g/mol. The summed E-state index contributed by atoms with van der Waals surface area (Å²) >= 11 is -2.10. The van der Waals surface area contributed by atoms with E-state index in [9.17, 15) is 18.7 Å². The number of aliphatic imine (C=N–C) groups is 1. The van der Waals surface area contributed by atoms with Crippen molar-refractivity contribution in [2.45, 2.75) is 37.0 Å². The van der Waals surface area contributed by atoms with Crippen molar-refractivity contribution in [2.75, 3.05) is 11.9 Å². The van der Waals surface area contributed by atoms with E-state index in [1.54, 1.807) is 38.1 Å². The van der Waals surface area contributed by atoms with Gasteiger partial charge in [-0.1, -0.05) is 6.58 Å². The molecule has 9 nitrogen and oxygen atoms in total. The molecule has 2 rings (SSSR count). The molecule has 0 spiro atoms. The van der Waals surface area contributed by atoms with Crippen LogP contribution in [0.5, 0.6) is 0 Å². The molecule has 1 atom stereocenters. The number of carbonyl (C=O) groups excluding carboxylic acids is 1. The first kappa shape index (κ1) is 22.6. The van der Waals surface area contributed by atoms with Crippen LogP contribution in [-0.2, 0) is 11.1 Å². The van der Waals surface area contributed by atoms with Crippen LogP contribution in [0, 0.1) is 0 Å². The number of nitrogens with zero attached hydrogens (tertiary/aromatic N) is 1. The number of anilines is 1. The standard InChI is InChI=1S/C19H27N5O4S/c1-12(20)10-15(19(8-9-19)29(27)28)23-16(21)13-4-6-14(7-5-13)22-17(26)24-18(2,3)11-25/h4-7,10,25H,1,8-9,11,20H2,2-3H3,(H2,21,23)(H,27,28)(H2,22,24,26)/b15-10-. The highest BCUT2D eigenvalue weighted by Crippen LogP contribution is 2.48. The van der Waals surface area contributed by atoms with Crippen LogP contribution < -0.4 is 22.1 Å². The predicted molar refractivity (Wildman–Crippen MR) is 115 cm³/mol. The number of benzene rings is 1. The second-order valence-corrected chi connectivity index (χ2v) is 8.82. The Morgan fingerprint density at radius 1 is 1.34 bits per heavy atom. The summed E-state index contributed by atoms with van der Waals surface area (Å²) in [5.41, 5.74) is 12.6. The smallest absolute Gasteiger partial charge is 0.319 e. The van der Waals surface area contributed by atoms with E-state index >= 15 is 0 Å². The number of nitrogens with one attached hydrogen (secondary N) is 2. The van der Waals surface area contributed by atoms with Crippen LogP contribution in [0.2, 0.25) is 0 Å². The minimum atomic E-state index is -2.10. The van der Waals surface area contributed by atoms with Gasteiger partial charge in [-0.05, 0) is 57.0 Å². The third-order valence-electron chi connectivity index (χ3n) is 4.35. The molecule has 0 saturated heterocycles. The molecule has 8 N–H and O–H groups in total. The summed E-state index contributed by atoms with van der Waals surface area (Å²) in [7, 11) is 0. The number of hydrogen-bond donors (Lipinski definition) is 6. The quantitative estimate of drug-likeness (QED) is 0.161. The van der Waals surface area contributed by atoms with Crippen molar-refractivity contribution >= 4 is 28.6 Å². The van der Waals surface area contributed by atoms with Crippen molar-refractivity contribution in [2.24, 2.45) is 16.5 Å². The van der Waals surface area contributed by atoms with Gasteiger partial charge in [0.2, 0.25) is 0 Å². The maximum absolute atomic E-state index is 12.0. The highest BCUT2D eigenvalue weighted by atomic mass is 32.2. The first-order valence-corrected chi connectivity index (χ1v) is 10.0. The van der Waals surface area contributed by atoms with Crippen LogP contribution >= 0.6 is 0 Å². The SMILES string of the molecule is C=C(N)/C=C(\N=C(N)c1ccc(NC(=O)NC(C)(C)CO)cc1)C1(S(=O)O)CC1. The molecule has 0 heterocycles. The second-order valence-electron chi connectivity index (χ2n) is 7.54. The number of carbonyl (C=O) groups is 1. The molecule has 0 aliphatic heterocycles. The minimum absolute atomic E-state index is 0.145. The molecule has 1 aliphatic rings. The van der Waals surface area contributed by atoms with Crippen molar-refractivity contribution in [1.29, 1.82) is 0 Å². The lowest BCUT2D eigenvalue weighted by Crippen LogP contribution is -2.48. The first-order chi connectivity index (χ1) is 13.5. The monoisotopic (exact) mass is 421 g/mol. The summed E-state index contributed by atoms with van der Waals surface area (Å²) in [5, 5.41) is 14.5. The van der Waals surface area contributed by atoms with Crippen molar-refractivity contribution in [3.05, 3.63) is 53.9 Å². The molecule has 1 aromatic carbocycles. The van der Waals surface area contributed by atoms with Gasteiger partial charge in [0.1, 0.15) is 10.6 Å². The fraction of sp³-hybridized carbons (Fsp3) is 0.368. The van der Waals surface area contributed by atoms with Crippen molar-refractivity contribution in [1.82, 2.24) is 5.32 Å². The Labute approximate surface area is 172 Å². The van der Waals surface area contributed by atoms with E-state index in [1.165, 1.54) is 6.08 Å². The highest BCUT2D eigenvalue weighted by Gasteiger charge is 2.52.